The van der Waals surface area contributed by atoms with E-state index in [1.165, 1.54) is 24.3 Å². The molecule has 1 amide bonds. The van der Waals surface area contributed by atoms with Gasteiger partial charge in [0.05, 0.1) is 18.2 Å². The number of aromatic nitrogens is 2. The summed E-state index contributed by atoms with van der Waals surface area (Å²) in [6.45, 7) is 0. The Hall–Kier alpha value is -3.35. The molecule has 0 aliphatic heterocycles. The lowest BCUT2D eigenvalue weighted by Crippen LogP contribution is -2.32. The smallest absolute Gasteiger partial charge is 0.251 e. The second-order valence-electron chi connectivity index (χ2n) is 7.89. The highest BCUT2D eigenvalue weighted by Crippen LogP contribution is 2.34. The third-order valence-corrected chi connectivity index (χ3v) is 5.63. The summed E-state index contributed by atoms with van der Waals surface area (Å²) < 4.78 is 27.4. The molecule has 2 aromatic carbocycles. The highest BCUT2D eigenvalue weighted by atomic mass is 19.1. The van der Waals surface area contributed by atoms with E-state index in [4.69, 9.17) is 0 Å². The number of hydrogen-bond donors (Lipinski definition) is 2. The molecule has 4 rings (SSSR count). The Kier molecular flexibility index (Phi) is 6.21. The number of benzene rings is 2. The minimum atomic E-state index is -0.539. The average Bonchev–Trinajstić information content (AvgIpc) is 2.68. The Balaban J connectivity index is 1.57. The molecule has 31 heavy (non-hydrogen) atoms. The van der Waals surface area contributed by atoms with Gasteiger partial charge in [0.2, 0.25) is 5.91 Å². The second kappa shape index (κ2) is 9.20. The van der Waals surface area contributed by atoms with Crippen LogP contribution in [0.25, 0.3) is 0 Å². The first kappa shape index (κ1) is 20.9. The van der Waals surface area contributed by atoms with Gasteiger partial charge in [-0.2, -0.15) is 0 Å². The maximum Gasteiger partial charge on any atom is 0.251 e. The van der Waals surface area contributed by atoms with Gasteiger partial charge in [-0.3, -0.25) is 9.59 Å². The van der Waals surface area contributed by atoms with Crippen LogP contribution in [0.1, 0.15) is 53.9 Å². The normalized spacial score (nSPS) is 14.6. The number of H-pyrrole nitrogens is 1. The van der Waals surface area contributed by atoms with Gasteiger partial charge in [0.25, 0.3) is 5.56 Å². The van der Waals surface area contributed by atoms with Crippen LogP contribution >= 0.6 is 0 Å². The van der Waals surface area contributed by atoms with Gasteiger partial charge in [-0.25, -0.2) is 13.8 Å². The summed E-state index contributed by atoms with van der Waals surface area (Å²) in [7, 11) is 0. The van der Waals surface area contributed by atoms with Crippen LogP contribution in [0.15, 0.2) is 59.4 Å². The lowest BCUT2D eigenvalue weighted by atomic mass is 9.85. The Morgan fingerprint density at radius 1 is 1.13 bits per heavy atom. The Labute approximate surface area is 178 Å². The maximum atomic E-state index is 13.9. The Morgan fingerprint density at radius 3 is 2.55 bits per heavy atom. The Morgan fingerprint density at radius 2 is 1.87 bits per heavy atom. The fourth-order valence-electron chi connectivity index (χ4n) is 3.72. The van der Waals surface area contributed by atoms with E-state index in [0.29, 0.717) is 22.6 Å². The number of carbonyl (C=O) groups excluding carboxylic acids is 1. The highest BCUT2D eigenvalue weighted by molar-refractivity contribution is 5.79. The summed E-state index contributed by atoms with van der Waals surface area (Å²) in [5.41, 5.74) is 1.28. The van der Waals surface area contributed by atoms with E-state index in [0.717, 1.165) is 19.3 Å². The minimum absolute atomic E-state index is 0.125. The van der Waals surface area contributed by atoms with Crippen LogP contribution in [0.2, 0.25) is 0 Å². The quantitative estimate of drug-likeness (QED) is 0.604. The second-order valence-corrected chi connectivity index (χ2v) is 7.89. The molecular weight excluding hydrogens is 400 g/mol. The number of rotatable bonds is 7. The zero-order chi connectivity index (χ0) is 21.8. The molecule has 1 heterocycles. The predicted octanol–water partition coefficient (Wildman–Crippen LogP) is 3.96. The molecule has 2 N–H and O–H groups in total. The number of nitrogens with zero attached hydrogens (tertiary/aromatic N) is 1. The van der Waals surface area contributed by atoms with Gasteiger partial charge in [0.1, 0.15) is 17.5 Å². The van der Waals surface area contributed by atoms with Crippen molar-refractivity contribution in [3.63, 3.8) is 0 Å². The van der Waals surface area contributed by atoms with Gasteiger partial charge in [-0.15, -0.1) is 0 Å². The molecule has 1 aromatic heterocycles. The van der Waals surface area contributed by atoms with Crippen molar-refractivity contribution in [3.05, 3.63) is 99.2 Å². The summed E-state index contributed by atoms with van der Waals surface area (Å²) in [5.74, 6) is -0.278. The monoisotopic (exact) mass is 423 g/mol. The third-order valence-electron chi connectivity index (χ3n) is 5.63. The standard InChI is InChI=1S/C24H23F2N3O2/c25-18-10-8-15(9-11-18)21(28-22(30)12-17-4-1-2-7-20(17)26)13-19-14-23(31)29-24(27-19)16-5-3-6-16/h1-2,4,7-11,14,16,21H,3,5-6,12-13H2,(H,28,30)(H,27,29,31). The largest absolute Gasteiger partial charge is 0.349 e. The molecule has 0 bridgehead atoms. The zero-order valence-corrected chi connectivity index (χ0v) is 16.9. The molecule has 1 atom stereocenters. The lowest BCUT2D eigenvalue weighted by Gasteiger charge is -2.25. The minimum Gasteiger partial charge on any atom is -0.349 e. The first-order chi connectivity index (χ1) is 15.0. The van der Waals surface area contributed by atoms with Crippen LogP contribution in [0.4, 0.5) is 8.78 Å². The SMILES string of the molecule is O=C(Cc1ccccc1F)NC(Cc1cc(=O)[nH]c(C2CCC2)n1)c1ccc(F)cc1. The maximum absolute atomic E-state index is 13.9. The number of carbonyl (C=O) groups is 1. The first-order valence-electron chi connectivity index (χ1n) is 10.4. The topological polar surface area (TPSA) is 74.8 Å². The summed E-state index contributed by atoms with van der Waals surface area (Å²) in [4.78, 5) is 32.2. The highest BCUT2D eigenvalue weighted by Gasteiger charge is 2.23. The number of aromatic amines is 1. The van der Waals surface area contributed by atoms with Crippen LogP contribution in [-0.4, -0.2) is 15.9 Å². The molecule has 1 saturated carbocycles. The number of nitrogens with one attached hydrogen (secondary N) is 2. The van der Waals surface area contributed by atoms with Gasteiger partial charge in [-0.1, -0.05) is 36.8 Å². The number of hydrogen-bond acceptors (Lipinski definition) is 3. The van der Waals surface area contributed by atoms with E-state index >= 15 is 0 Å². The van der Waals surface area contributed by atoms with Crippen molar-refractivity contribution >= 4 is 5.91 Å². The molecular formula is C24H23F2N3O2. The van der Waals surface area contributed by atoms with Crippen molar-refractivity contribution in [2.24, 2.45) is 0 Å². The van der Waals surface area contributed by atoms with Crippen LogP contribution in [-0.2, 0) is 17.6 Å². The molecule has 160 valence electrons. The summed E-state index contributed by atoms with van der Waals surface area (Å²) in [6.07, 6.45) is 3.24. The molecule has 0 spiro atoms. The van der Waals surface area contributed by atoms with Gasteiger partial charge >= 0.3 is 0 Å². The number of amides is 1. The van der Waals surface area contributed by atoms with E-state index in [2.05, 4.69) is 15.3 Å². The fourth-order valence-corrected chi connectivity index (χ4v) is 3.72. The van der Waals surface area contributed by atoms with Gasteiger partial charge < -0.3 is 10.3 Å². The zero-order valence-electron chi connectivity index (χ0n) is 16.9. The van der Waals surface area contributed by atoms with Crippen LogP contribution in [0.3, 0.4) is 0 Å². The van der Waals surface area contributed by atoms with E-state index in [1.807, 2.05) is 0 Å². The van der Waals surface area contributed by atoms with Crippen LogP contribution in [0.5, 0.6) is 0 Å². The van der Waals surface area contributed by atoms with E-state index in [9.17, 15) is 18.4 Å². The molecule has 0 saturated heterocycles. The van der Waals surface area contributed by atoms with Gasteiger partial charge in [-0.05, 0) is 42.2 Å². The van der Waals surface area contributed by atoms with Crippen LogP contribution < -0.4 is 10.9 Å². The summed E-state index contributed by atoms with van der Waals surface area (Å²) in [6, 6.07) is 12.8. The molecule has 3 aromatic rings. The van der Waals surface area contributed by atoms with Crippen molar-refractivity contribution in [2.45, 2.75) is 44.1 Å². The lowest BCUT2D eigenvalue weighted by molar-refractivity contribution is -0.121. The molecule has 7 heteroatoms. The molecule has 1 fully saturated rings. The van der Waals surface area contributed by atoms with Gasteiger partial charge in [0.15, 0.2) is 0 Å². The number of halogens is 2. The van der Waals surface area contributed by atoms with Crippen molar-refractivity contribution in [2.75, 3.05) is 0 Å². The van der Waals surface area contributed by atoms with Crippen LogP contribution in [0, 0.1) is 11.6 Å². The van der Waals surface area contributed by atoms with E-state index < -0.39 is 11.9 Å². The predicted molar refractivity (Wildman–Crippen MR) is 113 cm³/mol. The molecule has 1 aliphatic carbocycles. The molecule has 0 radical (unpaired) electrons. The first-order valence-corrected chi connectivity index (χ1v) is 10.4. The van der Waals surface area contributed by atoms with Crippen molar-refractivity contribution < 1.29 is 13.6 Å². The molecule has 1 unspecified atom stereocenters. The molecule has 1 aliphatic rings. The summed E-state index contributed by atoms with van der Waals surface area (Å²) in [5, 5.41) is 2.89. The van der Waals surface area contributed by atoms with Crippen molar-refractivity contribution in [1.29, 1.82) is 0 Å². The average molecular weight is 423 g/mol. The summed E-state index contributed by atoms with van der Waals surface area (Å²) >= 11 is 0. The van der Waals surface area contributed by atoms with E-state index in [1.54, 1.807) is 30.3 Å². The molecule has 5 nitrogen and oxygen atoms in total. The Bertz CT molecular complexity index is 1120. The van der Waals surface area contributed by atoms with Gasteiger partial charge in [0, 0.05) is 18.4 Å². The third kappa shape index (κ3) is 5.23. The van der Waals surface area contributed by atoms with E-state index in [-0.39, 0.29) is 36.0 Å². The fraction of sp³-hybridized carbons (Fsp3) is 0.292. The van der Waals surface area contributed by atoms with Crippen molar-refractivity contribution in [1.82, 2.24) is 15.3 Å². The van der Waals surface area contributed by atoms with Crippen molar-refractivity contribution in [3.8, 4) is 0 Å².